The standard InChI is InChI=1S/C16H19N/c1-3-14-7-5-9-16(11-14)17-12-15-8-4-6-13(2)10-15/h4-11,17H,3,12H2,1-2H3. The number of benzene rings is 2. The zero-order valence-corrected chi connectivity index (χ0v) is 10.5. The summed E-state index contributed by atoms with van der Waals surface area (Å²) in [6.07, 6.45) is 1.08. The Morgan fingerprint density at radius 3 is 2.47 bits per heavy atom. The van der Waals surface area contributed by atoms with E-state index in [0.717, 1.165) is 13.0 Å². The van der Waals surface area contributed by atoms with E-state index in [4.69, 9.17) is 0 Å². The topological polar surface area (TPSA) is 12.0 Å². The van der Waals surface area contributed by atoms with Gasteiger partial charge in [-0.2, -0.15) is 0 Å². The van der Waals surface area contributed by atoms with Gasteiger partial charge in [-0.05, 0) is 36.6 Å². The highest BCUT2D eigenvalue weighted by Gasteiger charge is 1.95. The predicted octanol–water partition coefficient (Wildman–Crippen LogP) is 4.17. The molecule has 0 unspecified atom stereocenters. The van der Waals surface area contributed by atoms with Crippen molar-refractivity contribution >= 4 is 5.69 Å². The summed E-state index contributed by atoms with van der Waals surface area (Å²) in [4.78, 5) is 0. The Labute approximate surface area is 103 Å². The summed E-state index contributed by atoms with van der Waals surface area (Å²) in [5.41, 5.74) is 5.21. The first-order valence-corrected chi connectivity index (χ1v) is 6.16. The van der Waals surface area contributed by atoms with Crippen molar-refractivity contribution in [2.75, 3.05) is 5.32 Å². The molecule has 0 radical (unpaired) electrons. The van der Waals surface area contributed by atoms with Crippen molar-refractivity contribution in [3.63, 3.8) is 0 Å². The van der Waals surface area contributed by atoms with Crippen LogP contribution in [0.15, 0.2) is 48.5 Å². The van der Waals surface area contributed by atoms with Crippen LogP contribution in [0.1, 0.15) is 23.6 Å². The Hall–Kier alpha value is -1.76. The summed E-state index contributed by atoms with van der Waals surface area (Å²) < 4.78 is 0. The van der Waals surface area contributed by atoms with E-state index in [1.807, 2.05) is 0 Å². The Balaban J connectivity index is 2.02. The molecule has 0 aliphatic heterocycles. The van der Waals surface area contributed by atoms with Gasteiger partial charge in [0, 0.05) is 12.2 Å². The van der Waals surface area contributed by atoms with Crippen molar-refractivity contribution in [1.82, 2.24) is 0 Å². The van der Waals surface area contributed by atoms with Crippen LogP contribution in [-0.2, 0) is 13.0 Å². The molecule has 88 valence electrons. The van der Waals surface area contributed by atoms with E-state index in [1.54, 1.807) is 0 Å². The maximum absolute atomic E-state index is 3.46. The van der Waals surface area contributed by atoms with E-state index in [9.17, 15) is 0 Å². The quantitative estimate of drug-likeness (QED) is 0.823. The number of rotatable bonds is 4. The molecular weight excluding hydrogens is 206 g/mol. The molecule has 0 saturated heterocycles. The lowest BCUT2D eigenvalue weighted by molar-refractivity contribution is 1.11. The summed E-state index contributed by atoms with van der Waals surface area (Å²) in [7, 11) is 0. The van der Waals surface area contributed by atoms with Gasteiger partial charge in [-0.25, -0.2) is 0 Å². The van der Waals surface area contributed by atoms with E-state index in [0.29, 0.717) is 0 Å². The molecule has 0 amide bonds. The molecule has 0 aliphatic carbocycles. The van der Waals surface area contributed by atoms with Gasteiger partial charge in [-0.3, -0.25) is 0 Å². The minimum Gasteiger partial charge on any atom is -0.381 e. The SMILES string of the molecule is CCc1cccc(NCc2cccc(C)c2)c1. The molecule has 0 heterocycles. The monoisotopic (exact) mass is 225 g/mol. The van der Waals surface area contributed by atoms with E-state index in [1.165, 1.54) is 22.4 Å². The Bertz CT molecular complexity index is 488. The fourth-order valence-corrected chi connectivity index (χ4v) is 1.93. The molecule has 1 heteroatoms. The molecule has 0 aliphatic rings. The minimum absolute atomic E-state index is 0.884. The molecule has 2 aromatic carbocycles. The molecule has 17 heavy (non-hydrogen) atoms. The maximum Gasteiger partial charge on any atom is 0.0400 e. The average Bonchev–Trinajstić information content (AvgIpc) is 2.37. The number of hydrogen-bond acceptors (Lipinski definition) is 1. The second-order valence-corrected chi connectivity index (χ2v) is 4.40. The van der Waals surface area contributed by atoms with Gasteiger partial charge in [0.25, 0.3) is 0 Å². The van der Waals surface area contributed by atoms with Crippen molar-refractivity contribution in [1.29, 1.82) is 0 Å². The molecule has 2 rings (SSSR count). The fourth-order valence-electron chi connectivity index (χ4n) is 1.93. The van der Waals surface area contributed by atoms with E-state index in [2.05, 4.69) is 67.7 Å². The number of hydrogen-bond donors (Lipinski definition) is 1. The van der Waals surface area contributed by atoms with E-state index < -0.39 is 0 Å². The van der Waals surface area contributed by atoms with Crippen molar-refractivity contribution < 1.29 is 0 Å². The molecule has 0 fully saturated rings. The average molecular weight is 225 g/mol. The number of aryl methyl sites for hydroxylation is 2. The van der Waals surface area contributed by atoms with Crippen LogP contribution in [0.2, 0.25) is 0 Å². The summed E-state index contributed by atoms with van der Waals surface area (Å²) in [6, 6.07) is 17.2. The molecule has 0 atom stereocenters. The minimum atomic E-state index is 0.884. The van der Waals surface area contributed by atoms with Crippen molar-refractivity contribution in [2.45, 2.75) is 26.8 Å². The third kappa shape index (κ3) is 3.35. The highest BCUT2D eigenvalue weighted by molar-refractivity contribution is 5.46. The first kappa shape index (κ1) is 11.7. The van der Waals surface area contributed by atoms with Crippen LogP contribution in [0.3, 0.4) is 0 Å². The lowest BCUT2D eigenvalue weighted by Crippen LogP contribution is -1.99. The Morgan fingerprint density at radius 2 is 1.71 bits per heavy atom. The van der Waals surface area contributed by atoms with Crippen molar-refractivity contribution in [3.05, 3.63) is 65.2 Å². The fraction of sp³-hybridized carbons (Fsp3) is 0.250. The van der Waals surface area contributed by atoms with Gasteiger partial charge in [0.05, 0.1) is 0 Å². The zero-order valence-electron chi connectivity index (χ0n) is 10.5. The van der Waals surface area contributed by atoms with Crippen LogP contribution in [0, 0.1) is 6.92 Å². The molecule has 0 spiro atoms. The van der Waals surface area contributed by atoms with E-state index in [-0.39, 0.29) is 0 Å². The van der Waals surface area contributed by atoms with Gasteiger partial charge >= 0.3 is 0 Å². The van der Waals surface area contributed by atoms with Crippen LogP contribution >= 0.6 is 0 Å². The molecule has 2 aromatic rings. The molecule has 0 saturated carbocycles. The molecule has 1 nitrogen and oxygen atoms in total. The van der Waals surface area contributed by atoms with Crippen LogP contribution in [0.5, 0.6) is 0 Å². The van der Waals surface area contributed by atoms with E-state index >= 15 is 0 Å². The Kier molecular flexibility index (Phi) is 3.81. The van der Waals surface area contributed by atoms with Gasteiger partial charge < -0.3 is 5.32 Å². The van der Waals surface area contributed by atoms with Crippen LogP contribution in [0.4, 0.5) is 5.69 Å². The van der Waals surface area contributed by atoms with Gasteiger partial charge in [-0.15, -0.1) is 0 Å². The second kappa shape index (κ2) is 5.53. The first-order chi connectivity index (χ1) is 8.28. The molecule has 0 aromatic heterocycles. The van der Waals surface area contributed by atoms with Crippen LogP contribution < -0.4 is 5.32 Å². The van der Waals surface area contributed by atoms with Crippen molar-refractivity contribution in [3.8, 4) is 0 Å². The largest absolute Gasteiger partial charge is 0.381 e. The first-order valence-electron chi connectivity index (χ1n) is 6.16. The molecule has 1 N–H and O–H groups in total. The van der Waals surface area contributed by atoms with Gasteiger partial charge in [-0.1, -0.05) is 48.9 Å². The van der Waals surface area contributed by atoms with Crippen LogP contribution in [0.25, 0.3) is 0 Å². The molecular formula is C16H19N. The lowest BCUT2D eigenvalue weighted by Gasteiger charge is -2.08. The summed E-state index contributed by atoms with van der Waals surface area (Å²) >= 11 is 0. The molecule has 0 bridgehead atoms. The number of anilines is 1. The van der Waals surface area contributed by atoms with Crippen LogP contribution in [-0.4, -0.2) is 0 Å². The van der Waals surface area contributed by atoms with Gasteiger partial charge in [0.15, 0.2) is 0 Å². The summed E-state index contributed by atoms with van der Waals surface area (Å²) in [5.74, 6) is 0. The normalized spacial score (nSPS) is 10.2. The van der Waals surface area contributed by atoms with Gasteiger partial charge in [0.2, 0.25) is 0 Å². The smallest absolute Gasteiger partial charge is 0.0400 e. The Morgan fingerprint density at radius 1 is 0.941 bits per heavy atom. The predicted molar refractivity (Wildman–Crippen MR) is 74.3 cm³/mol. The third-order valence-corrected chi connectivity index (χ3v) is 2.91. The van der Waals surface area contributed by atoms with Gasteiger partial charge in [0.1, 0.15) is 0 Å². The second-order valence-electron chi connectivity index (χ2n) is 4.40. The maximum atomic E-state index is 3.46. The highest BCUT2D eigenvalue weighted by Crippen LogP contribution is 2.13. The third-order valence-electron chi connectivity index (χ3n) is 2.91. The zero-order chi connectivity index (χ0) is 12.1. The lowest BCUT2D eigenvalue weighted by atomic mass is 10.1. The number of nitrogens with one attached hydrogen (secondary N) is 1. The van der Waals surface area contributed by atoms with Crippen molar-refractivity contribution in [2.24, 2.45) is 0 Å². The summed E-state index contributed by atoms with van der Waals surface area (Å²) in [6.45, 7) is 5.19. The summed E-state index contributed by atoms with van der Waals surface area (Å²) in [5, 5.41) is 3.46. The highest BCUT2D eigenvalue weighted by atomic mass is 14.9.